The van der Waals surface area contributed by atoms with E-state index in [9.17, 15) is 0 Å². The molecule has 0 N–H and O–H groups in total. The molecule has 2 aromatic carbocycles. The summed E-state index contributed by atoms with van der Waals surface area (Å²) in [6.45, 7) is 7.81. The molecule has 27 heavy (non-hydrogen) atoms. The van der Waals surface area contributed by atoms with Crippen molar-refractivity contribution >= 4 is 24.1 Å². The van der Waals surface area contributed by atoms with E-state index >= 15 is 0 Å². The maximum Gasteiger partial charge on any atom is 0.00485 e. The number of hydrogen-bond acceptors (Lipinski definition) is 0. The highest BCUT2D eigenvalue weighted by atomic mass is 31.0. The van der Waals surface area contributed by atoms with Gasteiger partial charge in [-0.25, -0.2) is 0 Å². The summed E-state index contributed by atoms with van der Waals surface area (Å²) in [5, 5.41) is 0. The summed E-state index contributed by atoms with van der Waals surface area (Å²) in [5.41, 5.74) is 6.83. The molecule has 2 atom stereocenters. The second-order valence-electron chi connectivity index (χ2n) is 5.90. The van der Waals surface area contributed by atoms with Gasteiger partial charge in [0.2, 0.25) is 0 Å². The Kier molecular flexibility index (Phi) is 8.74. The van der Waals surface area contributed by atoms with E-state index in [1.165, 1.54) is 22.3 Å². The van der Waals surface area contributed by atoms with Crippen LogP contribution in [0.1, 0.15) is 11.1 Å². The van der Waals surface area contributed by atoms with Gasteiger partial charge in [0.15, 0.2) is 0 Å². The molecule has 0 bridgehead atoms. The Morgan fingerprint density at radius 2 is 1.56 bits per heavy atom. The van der Waals surface area contributed by atoms with E-state index in [1.807, 2.05) is 23.8 Å². The molecule has 2 aromatic rings. The molecule has 0 nitrogen and oxygen atoms in total. The van der Waals surface area contributed by atoms with Crippen molar-refractivity contribution in [3.63, 3.8) is 0 Å². The third kappa shape index (κ3) is 6.66. The van der Waals surface area contributed by atoms with Crippen LogP contribution in [0.2, 0.25) is 0 Å². The van der Waals surface area contributed by atoms with Gasteiger partial charge in [-0.05, 0) is 39.5 Å². The second-order valence-corrected chi connectivity index (χ2v) is 6.67. The lowest BCUT2D eigenvalue weighted by Crippen LogP contribution is -1.88. The first-order chi connectivity index (χ1) is 13.2. The van der Waals surface area contributed by atoms with Crippen LogP contribution >= 0.6 is 18.5 Å². The zero-order valence-corrected chi connectivity index (χ0v) is 17.7. The van der Waals surface area contributed by atoms with E-state index in [0.717, 1.165) is 17.6 Å². The van der Waals surface area contributed by atoms with Crippen molar-refractivity contribution in [1.29, 1.82) is 0 Å². The van der Waals surface area contributed by atoms with Gasteiger partial charge in [0.25, 0.3) is 0 Å². The topological polar surface area (TPSA) is 0 Å². The monoisotopic (exact) mass is 386 g/mol. The zero-order chi connectivity index (χ0) is 19.5. The van der Waals surface area contributed by atoms with E-state index in [-0.39, 0.29) is 0 Å². The molecule has 0 saturated heterocycles. The van der Waals surface area contributed by atoms with E-state index < -0.39 is 0 Å². The van der Waals surface area contributed by atoms with Crippen molar-refractivity contribution in [3.8, 4) is 23.0 Å². The average molecular weight is 386 g/mol. The Bertz CT molecular complexity index is 929. The highest BCUT2D eigenvalue weighted by Crippen LogP contribution is 2.24. The van der Waals surface area contributed by atoms with Crippen molar-refractivity contribution < 1.29 is 0 Å². The Balaban J connectivity index is 2.13. The number of rotatable bonds is 6. The minimum Gasteiger partial charge on any atom is -0.114 e. The van der Waals surface area contributed by atoms with E-state index in [0.29, 0.717) is 0 Å². The molecule has 2 heteroatoms. The molecule has 0 amide bonds. The Morgan fingerprint density at radius 1 is 0.926 bits per heavy atom. The highest BCUT2D eigenvalue weighted by Gasteiger charge is 2.02. The number of allylic oxidation sites excluding steroid dienone is 6. The van der Waals surface area contributed by atoms with Gasteiger partial charge in [0, 0.05) is 6.42 Å². The lowest BCUT2D eigenvalue weighted by atomic mass is 9.98. The quantitative estimate of drug-likeness (QED) is 0.291. The van der Waals surface area contributed by atoms with Crippen LogP contribution in [0.25, 0.3) is 16.7 Å². The van der Waals surface area contributed by atoms with E-state index in [4.69, 9.17) is 0 Å². The highest BCUT2D eigenvalue weighted by molar-refractivity contribution is 7.20. The number of benzene rings is 2. The van der Waals surface area contributed by atoms with Crippen molar-refractivity contribution in [2.24, 2.45) is 0 Å². The first-order valence-corrected chi connectivity index (χ1v) is 9.98. The first-order valence-electron chi connectivity index (χ1n) is 8.64. The van der Waals surface area contributed by atoms with Crippen LogP contribution in [-0.2, 0) is 6.42 Å². The molecule has 0 heterocycles. The molecule has 0 radical (unpaired) electrons. The molecule has 2 rings (SSSR count). The van der Waals surface area contributed by atoms with Gasteiger partial charge in [-0.2, -0.15) is 0 Å². The van der Waals surface area contributed by atoms with Gasteiger partial charge in [-0.1, -0.05) is 103 Å². The standard InChI is InChI=1S/C25H24P2/c1-3-6-22(16-18-27)24-12-14-25(15-13-24)23-10-8-21(9-11-23)19-20(2)7-4-5-17-26/h3,5-6,8-18H,1-2,19,26-27H2/b17-5-,18-16-,22-6+. The smallest absolute Gasteiger partial charge is 0.00485 e. The summed E-state index contributed by atoms with van der Waals surface area (Å²) in [6.07, 6.45) is 8.44. The lowest BCUT2D eigenvalue weighted by Gasteiger charge is -2.07. The lowest BCUT2D eigenvalue weighted by molar-refractivity contribution is 1.22. The average Bonchev–Trinajstić information content (AvgIpc) is 2.69. The summed E-state index contributed by atoms with van der Waals surface area (Å²) in [6, 6.07) is 17.2. The molecule has 0 aromatic heterocycles. The summed E-state index contributed by atoms with van der Waals surface area (Å²) in [5.74, 6) is 9.81. The van der Waals surface area contributed by atoms with Crippen molar-refractivity contribution in [1.82, 2.24) is 0 Å². The maximum atomic E-state index is 4.03. The van der Waals surface area contributed by atoms with Crippen LogP contribution in [0.4, 0.5) is 0 Å². The van der Waals surface area contributed by atoms with Crippen LogP contribution < -0.4 is 0 Å². The Hall–Kier alpha value is -2.44. The summed E-state index contributed by atoms with van der Waals surface area (Å²) >= 11 is 0. The molecule has 0 aliphatic heterocycles. The van der Waals surface area contributed by atoms with Crippen LogP contribution in [0, 0.1) is 11.8 Å². The van der Waals surface area contributed by atoms with Gasteiger partial charge in [-0.15, -0.1) is 18.5 Å². The summed E-state index contributed by atoms with van der Waals surface area (Å²) in [4.78, 5) is 0. The predicted molar refractivity (Wildman–Crippen MR) is 128 cm³/mol. The molecule has 2 unspecified atom stereocenters. The molecule has 134 valence electrons. The molecule has 0 spiro atoms. The molecule has 0 aliphatic rings. The van der Waals surface area contributed by atoms with E-state index in [1.54, 1.807) is 6.08 Å². The minimum atomic E-state index is 0.772. The maximum absolute atomic E-state index is 4.03. The molecule has 0 aliphatic carbocycles. The van der Waals surface area contributed by atoms with Gasteiger partial charge in [0.1, 0.15) is 0 Å². The van der Waals surface area contributed by atoms with Crippen molar-refractivity contribution in [3.05, 3.63) is 114 Å². The molecular weight excluding hydrogens is 362 g/mol. The Labute approximate surface area is 167 Å². The fourth-order valence-electron chi connectivity index (χ4n) is 2.63. The fraction of sp³-hybridized carbons (Fsp3) is 0.0400. The Morgan fingerprint density at radius 3 is 2.11 bits per heavy atom. The fourth-order valence-corrected chi connectivity index (χ4v) is 2.93. The van der Waals surface area contributed by atoms with E-state index in [2.05, 4.69) is 98.1 Å². The molecule has 0 saturated carbocycles. The van der Waals surface area contributed by atoms with Crippen molar-refractivity contribution in [2.45, 2.75) is 6.42 Å². The van der Waals surface area contributed by atoms with Gasteiger partial charge in [-0.3, -0.25) is 0 Å². The van der Waals surface area contributed by atoms with Crippen LogP contribution in [0.3, 0.4) is 0 Å². The van der Waals surface area contributed by atoms with Gasteiger partial charge < -0.3 is 0 Å². The van der Waals surface area contributed by atoms with Crippen LogP contribution in [-0.4, -0.2) is 0 Å². The molecular formula is C25H24P2. The summed E-state index contributed by atoms with van der Waals surface area (Å²) < 4.78 is 0. The van der Waals surface area contributed by atoms with Gasteiger partial charge in [0.05, 0.1) is 0 Å². The van der Waals surface area contributed by atoms with Crippen molar-refractivity contribution in [2.75, 3.05) is 0 Å². The largest absolute Gasteiger partial charge is 0.114 e. The van der Waals surface area contributed by atoms with Gasteiger partial charge >= 0.3 is 0 Å². The predicted octanol–water partition coefficient (Wildman–Crippen LogP) is 6.80. The van der Waals surface area contributed by atoms with Crippen LogP contribution in [0.5, 0.6) is 0 Å². The SMILES string of the molecule is C=C/C=C(\C=C/P)c1ccc(-c2ccc(CC(=C)C#C/C=C\P)cc2)cc1. The number of hydrogen-bond donors (Lipinski definition) is 0. The third-order valence-electron chi connectivity index (χ3n) is 3.92. The summed E-state index contributed by atoms with van der Waals surface area (Å²) in [7, 11) is 5.11. The first kappa shape index (κ1) is 20.9. The minimum absolute atomic E-state index is 0.772. The second kappa shape index (κ2) is 11.3. The zero-order valence-electron chi connectivity index (χ0n) is 15.4. The third-order valence-corrected chi connectivity index (χ3v) is 4.31. The van der Waals surface area contributed by atoms with Crippen LogP contribution in [0.15, 0.2) is 103 Å². The normalized spacial score (nSPS) is 11.4. The molecule has 0 fully saturated rings.